The van der Waals surface area contributed by atoms with Crippen LogP contribution in [-0.2, 0) is 6.54 Å². The number of ether oxygens (including phenoxy) is 1. The van der Waals surface area contributed by atoms with Crippen molar-refractivity contribution >= 4 is 6.03 Å². The van der Waals surface area contributed by atoms with Crippen molar-refractivity contribution in [2.75, 3.05) is 13.7 Å². The third kappa shape index (κ3) is 3.54. The zero-order valence-corrected chi connectivity index (χ0v) is 9.12. The molecule has 0 saturated heterocycles. The molecule has 4 heteroatoms. The summed E-state index contributed by atoms with van der Waals surface area (Å²) in [6, 6.07) is 7.21. The van der Waals surface area contributed by atoms with Crippen LogP contribution in [0.2, 0.25) is 0 Å². The number of rotatable bonds is 4. The Hall–Kier alpha value is -2.15. The van der Waals surface area contributed by atoms with E-state index >= 15 is 0 Å². The molecule has 1 aromatic rings. The lowest BCUT2D eigenvalue weighted by molar-refractivity contribution is 0.241. The van der Waals surface area contributed by atoms with Crippen LogP contribution in [0.15, 0.2) is 24.3 Å². The number of methoxy groups -OCH3 is 1. The molecule has 0 radical (unpaired) electrons. The maximum atomic E-state index is 11.2. The second-order valence-corrected chi connectivity index (χ2v) is 3.05. The predicted octanol–water partition coefficient (Wildman–Crippen LogP) is 1.13. The van der Waals surface area contributed by atoms with E-state index in [0.717, 1.165) is 11.3 Å². The van der Waals surface area contributed by atoms with E-state index in [0.29, 0.717) is 6.54 Å². The number of carbonyl (C=O) groups excluding carboxylic acids is 1. The van der Waals surface area contributed by atoms with E-state index in [-0.39, 0.29) is 12.6 Å². The zero-order valence-electron chi connectivity index (χ0n) is 9.12. The summed E-state index contributed by atoms with van der Waals surface area (Å²) in [5.74, 6) is 3.07. The minimum Gasteiger partial charge on any atom is -0.496 e. The summed E-state index contributed by atoms with van der Waals surface area (Å²) in [7, 11) is 1.59. The van der Waals surface area contributed by atoms with Crippen molar-refractivity contribution in [2.24, 2.45) is 0 Å². The average molecular weight is 218 g/mol. The molecule has 0 aliphatic heterocycles. The monoisotopic (exact) mass is 218 g/mol. The largest absolute Gasteiger partial charge is 0.496 e. The van der Waals surface area contributed by atoms with Gasteiger partial charge in [-0.05, 0) is 6.07 Å². The molecule has 1 aromatic carbocycles. The van der Waals surface area contributed by atoms with Crippen LogP contribution in [0.5, 0.6) is 5.75 Å². The molecule has 1 rings (SSSR count). The quantitative estimate of drug-likeness (QED) is 0.744. The highest BCUT2D eigenvalue weighted by Crippen LogP contribution is 2.16. The van der Waals surface area contributed by atoms with Gasteiger partial charge in [0.1, 0.15) is 5.75 Å². The van der Waals surface area contributed by atoms with Crippen LogP contribution in [0, 0.1) is 12.3 Å². The van der Waals surface area contributed by atoms with Crippen LogP contribution in [0.1, 0.15) is 5.56 Å². The molecule has 0 bridgehead atoms. The molecule has 16 heavy (non-hydrogen) atoms. The number of nitrogens with one attached hydrogen (secondary N) is 2. The molecule has 2 N–H and O–H groups in total. The highest BCUT2D eigenvalue weighted by molar-refractivity contribution is 5.74. The summed E-state index contributed by atoms with van der Waals surface area (Å²) >= 11 is 0. The van der Waals surface area contributed by atoms with Crippen molar-refractivity contribution in [1.29, 1.82) is 0 Å². The third-order valence-corrected chi connectivity index (χ3v) is 1.98. The molecule has 0 spiro atoms. The standard InChI is InChI=1S/C12H14N2O2/c1-3-8-13-12(15)14-9-10-6-4-5-7-11(10)16-2/h1,4-7H,8-9H2,2H3,(H2,13,14,15). The summed E-state index contributed by atoms with van der Waals surface area (Å²) in [5, 5.41) is 5.20. The van der Waals surface area contributed by atoms with Gasteiger partial charge in [-0.15, -0.1) is 6.42 Å². The predicted molar refractivity (Wildman–Crippen MR) is 62.1 cm³/mol. The van der Waals surface area contributed by atoms with Crippen LogP contribution in [0.3, 0.4) is 0 Å². The van der Waals surface area contributed by atoms with E-state index in [1.807, 2.05) is 24.3 Å². The number of amides is 2. The minimum absolute atomic E-state index is 0.220. The lowest BCUT2D eigenvalue weighted by Gasteiger charge is -2.09. The van der Waals surface area contributed by atoms with Crippen molar-refractivity contribution in [3.05, 3.63) is 29.8 Å². The molecule has 0 saturated carbocycles. The first-order chi connectivity index (χ1) is 7.77. The van der Waals surface area contributed by atoms with E-state index in [1.165, 1.54) is 0 Å². The normalized spacial score (nSPS) is 9.00. The average Bonchev–Trinajstić information content (AvgIpc) is 2.34. The van der Waals surface area contributed by atoms with Gasteiger partial charge in [0.25, 0.3) is 0 Å². The number of carbonyl (C=O) groups is 1. The van der Waals surface area contributed by atoms with E-state index in [4.69, 9.17) is 11.2 Å². The molecule has 0 heterocycles. The van der Waals surface area contributed by atoms with Gasteiger partial charge in [-0.3, -0.25) is 0 Å². The van der Waals surface area contributed by atoms with E-state index in [9.17, 15) is 4.79 Å². The smallest absolute Gasteiger partial charge is 0.315 e. The first-order valence-corrected chi connectivity index (χ1v) is 4.85. The molecule has 0 aliphatic carbocycles. The van der Waals surface area contributed by atoms with Gasteiger partial charge in [-0.25, -0.2) is 4.79 Å². The number of urea groups is 1. The summed E-state index contributed by atoms with van der Waals surface area (Å²) in [4.78, 5) is 11.2. The minimum atomic E-state index is -0.288. The number of benzene rings is 1. The van der Waals surface area contributed by atoms with Crippen molar-refractivity contribution in [2.45, 2.75) is 6.54 Å². The highest BCUT2D eigenvalue weighted by atomic mass is 16.5. The van der Waals surface area contributed by atoms with Gasteiger partial charge in [-0.2, -0.15) is 0 Å². The van der Waals surface area contributed by atoms with Crippen molar-refractivity contribution in [1.82, 2.24) is 10.6 Å². The molecule has 0 aliphatic rings. The Morgan fingerprint density at radius 1 is 1.44 bits per heavy atom. The molecule has 0 fully saturated rings. The maximum absolute atomic E-state index is 11.2. The molecule has 84 valence electrons. The molecule has 4 nitrogen and oxygen atoms in total. The fraction of sp³-hybridized carbons (Fsp3) is 0.250. The lowest BCUT2D eigenvalue weighted by atomic mass is 10.2. The Morgan fingerprint density at radius 3 is 2.88 bits per heavy atom. The second-order valence-electron chi connectivity index (χ2n) is 3.05. The van der Waals surface area contributed by atoms with Crippen LogP contribution in [-0.4, -0.2) is 19.7 Å². The summed E-state index contributed by atoms with van der Waals surface area (Å²) in [6.45, 7) is 0.623. The summed E-state index contributed by atoms with van der Waals surface area (Å²) in [5.41, 5.74) is 0.917. The van der Waals surface area contributed by atoms with Gasteiger partial charge in [0.2, 0.25) is 0 Å². The molecule has 2 amide bonds. The lowest BCUT2D eigenvalue weighted by Crippen LogP contribution is -2.35. The Balaban J connectivity index is 2.48. The van der Waals surface area contributed by atoms with Crippen molar-refractivity contribution in [3.8, 4) is 18.1 Å². The van der Waals surface area contributed by atoms with Crippen LogP contribution in [0.25, 0.3) is 0 Å². The molecular formula is C12H14N2O2. The van der Waals surface area contributed by atoms with Gasteiger partial charge in [-0.1, -0.05) is 24.1 Å². The maximum Gasteiger partial charge on any atom is 0.315 e. The van der Waals surface area contributed by atoms with Gasteiger partial charge in [0.05, 0.1) is 13.7 Å². The molecule has 0 atom stereocenters. The SMILES string of the molecule is C#CCNC(=O)NCc1ccccc1OC. The topological polar surface area (TPSA) is 50.4 Å². The van der Waals surface area contributed by atoms with E-state index < -0.39 is 0 Å². The fourth-order valence-corrected chi connectivity index (χ4v) is 1.22. The van der Waals surface area contributed by atoms with Crippen LogP contribution in [0.4, 0.5) is 4.79 Å². The number of para-hydroxylation sites is 1. The van der Waals surface area contributed by atoms with Crippen molar-refractivity contribution in [3.63, 3.8) is 0 Å². The highest BCUT2D eigenvalue weighted by Gasteiger charge is 2.03. The second kappa shape index (κ2) is 6.36. The van der Waals surface area contributed by atoms with Crippen molar-refractivity contribution < 1.29 is 9.53 Å². The first-order valence-electron chi connectivity index (χ1n) is 4.85. The Kier molecular flexibility index (Phi) is 4.74. The van der Waals surface area contributed by atoms with E-state index in [1.54, 1.807) is 7.11 Å². The summed E-state index contributed by atoms with van der Waals surface area (Å²) in [6.07, 6.45) is 5.02. The Morgan fingerprint density at radius 2 is 2.19 bits per heavy atom. The van der Waals surface area contributed by atoms with Gasteiger partial charge in [0, 0.05) is 12.1 Å². The molecular weight excluding hydrogens is 204 g/mol. The number of hydrogen-bond acceptors (Lipinski definition) is 2. The number of hydrogen-bond donors (Lipinski definition) is 2. The summed E-state index contributed by atoms with van der Waals surface area (Å²) < 4.78 is 5.15. The van der Waals surface area contributed by atoms with Gasteiger partial charge < -0.3 is 15.4 Å². The van der Waals surface area contributed by atoms with E-state index in [2.05, 4.69) is 16.6 Å². The third-order valence-electron chi connectivity index (χ3n) is 1.98. The van der Waals surface area contributed by atoms with Gasteiger partial charge in [0.15, 0.2) is 0 Å². The number of terminal acetylenes is 1. The fourth-order valence-electron chi connectivity index (χ4n) is 1.22. The van der Waals surface area contributed by atoms with Gasteiger partial charge >= 0.3 is 6.03 Å². The van der Waals surface area contributed by atoms with Crippen LogP contribution < -0.4 is 15.4 Å². The Labute approximate surface area is 95.0 Å². The zero-order chi connectivity index (χ0) is 11.8. The molecule has 0 aromatic heterocycles. The molecule has 0 unspecified atom stereocenters. The first kappa shape index (κ1) is 11.9. The Bertz CT molecular complexity index is 396. The van der Waals surface area contributed by atoms with Crippen LogP contribution >= 0.6 is 0 Å².